The lowest BCUT2D eigenvalue weighted by molar-refractivity contribution is 0.573. The molecular formula is C23H22BrClFN5O2S. The van der Waals surface area contributed by atoms with Gasteiger partial charge in [0.05, 0.1) is 21.3 Å². The van der Waals surface area contributed by atoms with Crippen molar-refractivity contribution in [3.63, 3.8) is 0 Å². The highest BCUT2D eigenvalue weighted by Gasteiger charge is 2.17. The highest BCUT2D eigenvalue weighted by Crippen LogP contribution is 2.30. The predicted octanol–water partition coefficient (Wildman–Crippen LogP) is 5.43. The lowest BCUT2D eigenvalue weighted by Crippen LogP contribution is -2.26. The Bertz CT molecular complexity index is 1440. The Morgan fingerprint density at radius 2 is 1.88 bits per heavy atom. The normalized spacial score (nSPS) is 11.8. The second kappa shape index (κ2) is 10.4. The summed E-state index contributed by atoms with van der Waals surface area (Å²) in [5.74, 6) is 0.154. The fraction of sp³-hybridized carbons (Fsp3) is 0.217. The zero-order chi connectivity index (χ0) is 24.3. The van der Waals surface area contributed by atoms with Crippen LogP contribution in [0, 0.1) is 12.7 Å². The topological polar surface area (TPSA) is 88.4 Å². The highest BCUT2D eigenvalue weighted by molar-refractivity contribution is 9.10. The first-order valence-corrected chi connectivity index (χ1v) is 13.2. The van der Waals surface area contributed by atoms with E-state index in [1.54, 1.807) is 17.6 Å². The molecule has 2 aromatic carbocycles. The summed E-state index contributed by atoms with van der Waals surface area (Å²) >= 11 is 9.85. The minimum Gasteiger partial charge on any atom is -0.370 e. The number of nitrogens with one attached hydrogen (secondary N) is 2. The van der Waals surface area contributed by atoms with Gasteiger partial charge in [-0.1, -0.05) is 35.9 Å². The van der Waals surface area contributed by atoms with Gasteiger partial charge in [0, 0.05) is 29.7 Å². The number of halogens is 3. The summed E-state index contributed by atoms with van der Waals surface area (Å²) in [6.07, 6.45) is 2.96. The quantitative estimate of drug-likeness (QED) is 0.264. The monoisotopic (exact) mass is 565 g/mol. The molecule has 0 aliphatic heterocycles. The van der Waals surface area contributed by atoms with Crippen molar-refractivity contribution in [2.24, 2.45) is 0 Å². The molecule has 178 valence electrons. The lowest BCUT2D eigenvalue weighted by atomic mass is 10.1. The van der Waals surface area contributed by atoms with Gasteiger partial charge in [-0.25, -0.2) is 22.5 Å². The van der Waals surface area contributed by atoms with Crippen LogP contribution in [0.1, 0.15) is 18.4 Å². The second-order valence-electron chi connectivity index (χ2n) is 7.68. The van der Waals surface area contributed by atoms with Gasteiger partial charge in [-0.2, -0.15) is 9.61 Å². The molecule has 0 radical (unpaired) electrons. The summed E-state index contributed by atoms with van der Waals surface area (Å²) in [5, 5.41) is 8.31. The third-order valence-electron chi connectivity index (χ3n) is 5.22. The zero-order valence-corrected chi connectivity index (χ0v) is 21.4. The molecule has 2 aromatic heterocycles. The molecule has 0 saturated heterocycles. The largest absolute Gasteiger partial charge is 0.370 e. The molecule has 0 fully saturated rings. The first kappa shape index (κ1) is 24.6. The maximum absolute atomic E-state index is 13.5. The van der Waals surface area contributed by atoms with E-state index >= 15 is 0 Å². The molecular weight excluding hydrogens is 545 g/mol. The van der Waals surface area contributed by atoms with E-state index in [4.69, 9.17) is 11.6 Å². The highest BCUT2D eigenvalue weighted by atomic mass is 79.9. The summed E-state index contributed by atoms with van der Waals surface area (Å²) in [4.78, 5) is 4.64. The number of aryl methyl sites for hydroxylation is 1. The van der Waals surface area contributed by atoms with Crippen LogP contribution in [0.4, 0.5) is 10.2 Å². The minimum atomic E-state index is -3.77. The number of hydrogen-bond acceptors (Lipinski definition) is 5. The Hall–Kier alpha value is -2.53. The molecule has 0 bridgehead atoms. The molecule has 2 N–H and O–H groups in total. The SMILES string of the molecule is Cc1ccc(F)cc1S(=O)(=O)NCCCCNc1cc(-c2ccccc2Cl)nc2c(Br)cnn12. The molecule has 0 saturated carbocycles. The van der Waals surface area contributed by atoms with E-state index in [1.807, 2.05) is 30.3 Å². The van der Waals surface area contributed by atoms with E-state index in [0.29, 0.717) is 41.3 Å². The van der Waals surface area contributed by atoms with E-state index in [0.717, 1.165) is 21.9 Å². The van der Waals surface area contributed by atoms with Crippen molar-refractivity contribution in [2.45, 2.75) is 24.7 Å². The Kier molecular flexibility index (Phi) is 7.51. The van der Waals surface area contributed by atoms with E-state index in [9.17, 15) is 12.8 Å². The van der Waals surface area contributed by atoms with Gasteiger partial charge in [0.15, 0.2) is 5.65 Å². The second-order valence-corrected chi connectivity index (χ2v) is 10.7. The molecule has 4 rings (SSSR count). The van der Waals surface area contributed by atoms with Crippen molar-refractivity contribution >= 4 is 49.0 Å². The standard InChI is InChI=1S/C23H22BrClFN5O2S/c1-15-8-9-16(26)12-21(15)34(32,33)29-11-5-4-10-27-22-13-20(17-6-2-3-7-19(17)25)30-23-18(24)14-28-31(22)23/h2-3,6-9,12-14,27,29H,4-5,10-11H2,1H3. The number of anilines is 1. The lowest BCUT2D eigenvalue weighted by Gasteiger charge is -2.12. The number of rotatable bonds is 9. The number of sulfonamides is 1. The van der Waals surface area contributed by atoms with Gasteiger partial charge in [-0.3, -0.25) is 0 Å². The van der Waals surface area contributed by atoms with Gasteiger partial charge in [0.1, 0.15) is 11.6 Å². The summed E-state index contributed by atoms with van der Waals surface area (Å²) in [6, 6.07) is 13.1. The van der Waals surface area contributed by atoms with Crippen LogP contribution in [0.25, 0.3) is 16.9 Å². The number of aromatic nitrogens is 3. The Labute approximate surface area is 210 Å². The van der Waals surface area contributed by atoms with E-state index in [-0.39, 0.29) is 11.4 Å². The summed E-state index contributed by atoms with van der Waals surface area (Å²) in [5.41, 5.74) is 2.67. The van der Waals surface area contributed by atoms with Crippen molar-refractivity contribution < 1.29 is 12.8 Å². The molecule has 11 heteroatoms. The van der Waals surface area contributed by atoms with Gasteiger partial charge in [-0.05, 0) is 59.5 Å². The van der Waals surface area contributed by atoms with Crippen LogP contribution in [0.3, 0.4) is 0 Å². The molecule has 0 amide bonds. The van der Waals surface area contributed by atoms with Crippen molar-refractivity contribution in [1.29, 1.82) is 0 Å². The average Bonchev–Trinajstić information content (AvgIpc) is 3.18. The van der Waals surface area contributed by atoms with Crippen LogP contribution in [-0.4, -0.2) is 36.1 Å². The van der Waals surface area contributed by atoms with Crippen LogP contribution in [0.15, 0.2) is 64.1 Å². The zero-order valence-electron chi connectivity index (χ0n) is 18.2. The number of nitrogens with zero attached hydrogens (tertiary/aromatic N) is 3. The molecule has 0 aliphatic carbocycles. The van der Waals surface area contributed by atoms with Gasteiger partial charge >= 0.3 is 0 Å². The number of hydrogen-bond donors (Lipinski definition) is 2. The fourth-order valence-corrected chi connectivity index (χ4v) is 5.39. The van der Waals surface area contributed by atoms with Crippen molar-refractivity contribution in [3.8, 4) is 11.3 Å². The third-order valence-corrected chi connectivity index (χ3v) is 7.71. The molecule has 2 heterocycles. The Morgan fingerprint density at radius 1 is 1.12 bits per heavy atom. The fourth-order valence-electron chi connectivity index (χ4n) is 3.48. The molecule has 4 aromatic rings. The maximum Gasteiger partial charge on any atom is 0.240 e. The Morgan fingerprint density at radius 3 is 2.68 bits per heavy atom. The minimum absolute atomic E-state index is 0.0406. The first-order chi connectivity index (χ1) is 16.3. The van der Waals surface area contributed by atoms with Crippen molar-refractivity contribution in [2.75, 3.05) is 18.4 Å². The number of benzene rings is 2. The molecule has 7 nitrogen and oxygen atoms in total. The molecule has 0 spiro atoms. The summed E-state index contributed by atoms with van der Waals surface area (Å²) in [7, 11) is -3.77. The van der Waals surface area contributed by atoms with E-state index < -0.39 is 15.8 Å². The summed E-state index contributed by atoms with van der Waals surface area (Å²) < 4.78 is 43.4. The molecule has 0 aliphatic rings. The maximum atomic E-state index is 13.5. The van der Waals surface area contributed by atoms with Crippen LogP contribution < -0.4 is 10.0 Å². The van der Waals surface area contributed by atoms with Gasteiger partial charge < -0.3 is 5.32 Å². The van der Waals surface area contributed by atoms with Crippen LogP contribution in [0.2, 0.25) is 5.02 Å². The first-order valence-electron chi connectivity index (χ1n) is 10.5. The van der Waals surface area contributed by atoms with Gasteiger partial charge in [-0.15, -0.1) is 0 Å². The number of unbranched alkanes of at least 4 members (excludes halogenated alkanes) is 1. The van der Waals surface area contributed by atoms with E-state index in [1.165, 1.54) is 12.1 Å². The average molecular weight is 567 g/mol. The third kappa shape index (κ3) is 5.41. The van der Waals surface area contributed by atoms with Crippen LogP contribution in [0.5, 0.6) is 0 Å². The molecule has 0 unspecified atom stereocenters. The van der Waals surface area contributed by atoms with Crippen LogP contribution in [-0.2, 0) is 10.0 Å². The van der Waals surface area contributed by atoms with Crippen molar-refractivity contribution in [1.82, 2.24) is 19.3 Å². The van der Waals surface area contributed by atoms with Gasteiger partial charge in [0.2, 0.25) is 10.0 Å². The molecule has 34 heavy (non-hydrogen) atoms. The van der Waals surface area contributed by atoms with Crippen molar-refractivity contribution in [3.05, 3.63) is 75.6 Å². The number of fused-ring (bicyclic) bond motifs is 1. The Balaban J connectivity index is 1.39. The van der Waals surface area contributed by atoms with Gasteiger partial charge in [0.25, 0.3) is 0 Å². The smallest absolute Gasteiger partial charge is 0.240 e. The van der Waals surface area contributed by atoms with Crippen LogP contribution >= 0.6 is 27.5 Å². The van der Waals surface area contributed by atoms with E-state index in [2.05, 4.69) is 36.1 Å². The predicted molar refractivity (Wildman–Crippen MR) is 135 cm³/mol. The molecule has 0 atom stereocenters. The summed E-state index contributed by atoms with van der Waals surface area (Å²) in [6.45, 7) is 2.46.